The number of aryl methyl sites for hydroxylation is 2. The van der Waals surface area contributed by atoms with E-state index in [1.807, 2.05) is 13.8 Å². The zero-order valence-electron chi connectivity index (χ0n) is 78.6. The average Bonchev–Trinajstić information content (AvgIpc) is 1.59. The van der Waals surface area contributed by atoms with Gasteiger partial charge in [-0.25, -0.2) is 106 Å². The Morgan fingerprint density at radius 3 is 1.24 bits per heavy atom. The Balaban J connectivity index is 0.000000152. The maximum absolute atomic E-state index is 15.0. The van der Waals surface area contributed by atoms with Crippen LogP contribution in [0.5, 0.6) is 0 Å². The summed E-state index contributed by atoms with van der Waals surface area (Å²) in [5.41, 5.74) is 26.1. The molecular weight excluding hydrogens is 1890 g/mol. The van der Waals surface area contributed by atoms with Crippen LogP contribution in [0.25, 0.3) is 44.8 Å². The number of nitrogens with one attached hydrogen (secondary N) is 8. The molecule has 46 heteroatoms. The molecule has 0 bridgehead atoms. The predicted molar refractivity (Wildman–Crippen MR) is 517 cm³/mol. The van der Waals surface area contributed by atoms with Crippen molar-refractivity contribution < 1.29 is 67.2 Å². The molecule has 6 amide bonds. The van der Waals surface area contributed by atoms with E-state index in [2.05, 4.69) is 120 Å². The molecular formula is C94H120Cl2F9N27O7S. The molecule has 34 nitrogen and oxygen atoms in total. The van der Waals surface area contributed by atoms with Crippen LogP contribution in [0.1, 0.15) is 161 Å². The van der Waals surface area contributed by atoms with Gasteiger partial charge in [0.25, 0.3) is 15.7 Å². The molecule has 17 atom stereocenters. The summed E-state index contributed by atoms with van der Waals surface area (Å²) in [6.45, 7) is 15.8. The number of nitrogens with zero attached hydrogens (tertiary/aromatic N) is 15. The van der Waals surface area contributed by atoms with Crippen molar-refractivity contribution in [2.45, 2.75) is 248 Å². The van der Waals surface area contributed by atoms with Crippen LogP contribution in [-0.4, -0.2) is 223 Å². The van der Waals surface area contributed by atoms with Crippen LogP contribution in [0.2, 0.25) is 10.6 Å². The standard InChI is InChI=1S/C30H32F3N7O3S.C23H26F3N7O.C16H22ClF2N5O.C11H16ClFN4.C7H8N2O2.C7H16N2/c1-17-3-5-23(6-4-17)44(42,43)40-16-25(24-11-20(32)13-35-29(24)40)27-34-14-26(33)28(38-27)36-21-9-18(2)10-22(12-21)37-30(41)39-8-7-19(31)15-39;1-12-4-15(7-16(5-12)31-23(34)33-3-2-13(24)11-33)30-22-19(26)10-29-21(32-22)18-9-28-20-17(18)6-14(25)8-27-20;1-9-4-11(21-14-13(19)7-20-15(17)23-14)6-12(5-9)22-16(25)24-3-2-10(18)8-24;1-6-2-7(14)4-8(3-6)16-10-9(13)5-15-11(12)17-10;1-5-2-6(8)4-7(3-5)9(10)11;1-5-2-6(8)4-7(9)3-5/h3-6,11,13-14,16,18-19,21-22H,7-10,12,15H2,1-2H3,(H,37,41)(H,34,36,38);6,8-10,12-13,15-16H,2-5,7,11H2,1H3,(H,27,28)(H,31,34)(H,29,30,32);7,9-12H,2-6,8H2,1H3,(H,22,25)(H,20,21,23);5-8H,2-4,14H2,1H3,(H,15,16,17);2-4H,8H2,1H3;5-7H,2-4,8-9H2,1H3/t18?,19-,21?,22?;12?,13-,15?,16?;9?,10-,11?,12?;;;/m000.../s1. The molecule has 14 unspecified atom stereocenters. The van der Waals surface area contributed by atoms with Crippen LogP contribution in [0.3, 0.4) is 0 Å². The summed E-state index contributed by atoms with van der Waals surface area (Å²) in [4.78, 5) is 94.6. The fourth-order valence-electron chi connectivity index (χ4n) is 19.7. The third-order valence-electron chi connectivity index (χ3n) is 25.8. The lowest BCUT2D eigenvalue weighted by atomic mass is 9.83. The molecule has 0 radical (unpaired) electrons. The summed E-state index contributed by atoms with van der Waals surface area (Å²) in [6.07, 6.45) is 19.8. The number of alkyl halides is 3. The molecule has 10 aromatic rings. The topological polar surface area (TPSA) is 476 Å². The maximum Gasteiger partial charge on any atom is 0.317 e. The molecule has 5 aliphatic carbocycles. The highest BCUT2D eigenvalue weighted by Gasteiger charge is 2.38. The number of nitrogen functional groups attached to an aromatic ring is 1. The van der Waals surface area contributed by atoms with Crippen molar-refractivity contribution in [3.63, 3.8) is 0 Å². The number of likely N-dealkylation sites (tertiary alicyclic amines) is 3. The molecule has 16 N–H and O–H groups in total. The fraction of sp³-hybridized carbons (Fsp3) is 0.521. The van der Waals surface area contributed by atoms with Gasteiger partial charge >= 0.3 is 18.1 Å². The number of rotatable bonds is 16. The van der Waals surface area contributed by atoms with E-state index in [9.17, 15) is 68.0 Å². The molecule has 0 spiro atoms. The van der Waals surface area contributed by atoms with Gasteiger partial charge in [-0.05, 0) is 218 Å². The van der Waals surface area contributed by atoms with Gasteiger partial charge < -0.3 is 79.8 Å². The Kier molecular flexibility index (Phi) is 35.9. The number of anilines is 5. The van der Waals surface area contributed by atoms with Crippen molar-refractivity contribution in [2.75, 3.05) is 66.3 Å². The lowest BCUT2D eigenvalue weighted by molar-refractivity contribution is -0.384. The number of benzene rings is 2. The number of carbonyl (C=O) groups is 3. The number of non-ortho nitro benzene ring substituents is 1. The summed E-state index contributed by atoms with van der Waals surface area (Å²) in [5, 5.41) is 32.3. The maximum atomic E-state index is 15.0. The molecule has 3 saturated heterocycles. The van der Waals surface area contributed by atoms with Gasteiger partial charge in [0.05, 0.1) is 66.6 Å². The van der Waals surface area contributed by atoms with Crippen molar-refractivity contribution in [3.05, 3.63) is 171 Å². The van der Waals surface area contributed by atoms with E-state index in [1.54, 1.807) is 31.3 Å². The first-order valence-corrected chi connectivity index (χ1v) is 49.2. The number of fused-ring (bicyclic) bond motifs is 2. The molecule has 11 heterocycles. The lowest BCUT2D eigenvalue weighted by Crippen LogP contribution is -2.48. The second kappa shape index (κ2) is 47.6. The number of pyridine rings is 2. The molecule has 3 aliphatic heterocycles. The Labute approximate surface area is 814 Å². The van der Waals surface area contributed by atoms with E-state index in [1.165, 1.54) is 51.2 Å². The van der Waals surface area contributed by atoms with Gasteiger partial charge in [-0.3, -0.25) is 10.1 Å². The normalized spacial score (nSPS) is 25.5. The number of urea groups is 3. The van der Waals surface area contributed by atoms with Gasteiger partial charge in [0.2, 0.25) is 10.6 Å². The first kappa shape index (κ1) is 105. The number of halogens is 11. The van der Waals surface area contributed by atoms with Crippen molar-refractivity contribution >= 4 is 108 Å². The molecule has 8 fully saturated rings. The van der Waals surface area contributed by atoms with Crippen molar-refractivity contribution in [1.82, 2.24) is 89.4 Å². The van der Waals surface area contributed by atoms with Gasteiger partial charge in [-0.1, -0.05) is 52.3 Å². The largest absolute Gasteiger partial charge is 0.399 e. The summed E-state index contributed by atoms with van der Waals surface area (Å²) < 4.78 is 153. The SMILES string of the molecule is CC1CC(N)CC(N)C1.CC1CC(N)CC(Nc2nc(Cl)ncc2F)C1.CC1CC(NC(=O)N2CC[C@H](F)C2)CC(Nc2nc(-c3c[nH]c4ncc(F)cc34)ncc2F)C1.CC1CC(NC(=O)N2CC[C@H](F)C2)CC(Nc2nc(Cl)ncc2F)C1.Cc1cc(N)cc([N+](=O)[O-])c1.Cc1ccc(S(=O)(=O)n2cc(-c3ncc(F)c(NC4CC(C)CC(NC(=O)N5CC[C@H](F)C5)C4)n3)c3cc(F)cnc32)cc1. The van der Waals surface area contributed by atoms with Crippen LogP contribution in [-0.2, 0) is 10.0 Å². The molecule has 18 rings (SSSR count). The van der Waals surface area contributed by atoms with E-state index in [0.717, 1.165) is 135 Å². The van der Waals surface area contributed by atoms with Crippen LogP contribution >= 0.6 is 23.2 Å². The third kappa shape index (κ3) is 29.2. The van der Waals surface area contributed by atoms with E-state index in [-0.39, 0.29) is 171 Å². The quantitative estimate of drug-likeness (QED) is 0.0140. The first-order chi connectivity index (χ1) is 66.5. The zero-order chi connectivity index (χ0) is 101. The second-order valence-corrected chi connectivity index (χ2v) is 40.9. The summed E-state index contributed by atoms with van der Waals surface area (Å²) in [6, 6.07) is 12.7. The minimum absolute atomic E-state index is 0.0161. The zero-order valence-corrected chi connectivity index (χ0v) is 80.9. The smallest absolute Gasteiger partial charge is 0.317 e. The molecule has 756 valence electrons. The number of nitro groups is 1. The van der Waals surface area contributed by atoms with Gasteiger partial charge in [0, 0.05) is 132 Å². The Morgan fingerprint density at radius 2 is 0.836 bits per heavy atom. The van der Waals surface area contributed by atoms with Crippen molar-refractivity contribution in [1.29, 1.82) is 0 Å². The number of nitro benzene ring substituents is 1. The number of carbonyl (C=O) groups excluding carboxylic acids is 3. The molecule has 8 aliphatic rings. The number of hydrogen-bond donors (Lipinski definition) is 12. The van der Waals surface area contributed by atoms with E-state index in [0.29, 0.717) is 111 Å². The Hall–Kier alpha value is -11.9. The summed E-state index contributed by atoms with van der Waals surface area (Å²) in [5.74, 6) is -1.04. The Bertz CT molecular complexity index is 6020. The highest BCUT2D eigenvalue weighted by atomic mass is 35.5. The highest BCUT2D eigenvalue weighted by Crippen LogP contribution is 2.38. The number of aromatic amines is 1. The third-order valence-corrected chi connectivity index (χ3v) is 27.8. The second-order valence-electron chi connectivity index (χ2n) is 38.4. The number of hydrogen-bond acceptors (Lipinski definition) is 25. The molecule has 2 aromatic carbocycles. The van der Waals surface area contributed by atoms with Gasteiger partial charge in [-0.2, -0.15) is 9.97 Å². The van der Waals surface area contributed by atoms with Crippen LogP contribution in [0.4, 0.5) is 88.5 Å². The van der Waals surface area contributed by atoms with Crippen molar-refractivity contribution in [2.24, 2.45) is 46.8 Å². The minimum atomic E-state index is -4.13. The lowest BCUT2D eigenvalue weighted by Gasteiger charge is -2.35. The fourth-order valence-corrected chi connectivity index (χ4v) is 21.3. The van der Waals surface area contributed by atoms with Crippen LogP contribution in [0, 0.1) is 88.5 Å². The molecule has 5 saturated carbocycles. The average molecular weight is 2010 g/mol. The van der Waals surface area contributed by atoms with E-state index < -0.39 is 68.4 Å². The highest BCUT2D eigenvalue weighted by molar-refractivity contribution is 7.90. The number of H-pyrrole nitrogens is 1. The summed E-state index contributed by atoms with van der Waals surface area (Å²) >= 11 is 11.4. The molecule has 8 aromatic heterocycles. The number of nitrogens with two attached hydrogens (primary N) is 4. The molecule has 140 heavy (non-hydrogen) atoms. The van der Waals surface area contributed by atoms with Crippen LogP contribution in [0.15, 0.2) is 109 Å². The summed E-state index contributed by atoms with van der Waals surface area (Å²) in [7, 11) is -4.13. The van der Waals surface area contributed by atoms with Crippen LogP contribution < -0.4 is 60.2 Å². The van der Waals surface area contributed by atoms with E-state index in [4.69, 9.17) is 46.1 Å². The number of amides is 6. The van der Waals surface area contributed by atoms with E-state index >= 15 is 4.39 Å². The minimum Gasteiger partial charge on any atom is -0.399 e. The Morgan fingerprint density at radius 1 is 0.457 bits per heavy atom. The monoisotopic (exact) mass is 2010 g/mol. The predicted octanol–water partition coefficient (Wildman–Crippen LogP) is 16.2. The van der Waals surface area contributed by atoms with Gasteiger partial charge in [0.1, 0.15) is 35.8 Å². The van der Waals surface area contributed by atoms with Crippen molar-refractivity contribution in [3.8, 4) is 22.8 Å². The first-order valence-electron chi connectivity index (χ1n) is 47.0. The van der Waals surface area contributed by atoms with Gasteiger partial charge in [-0.15, -0.1) is 0 Å². The number of aromatic nitrogens is 12. The van der Waals surface area contributed by atoms with Gasteiger partial charge in [0.15, 0.2) is 63.8 Å².